The minimum atomic E-state index is -4.14. The van der Waals surface area contributed by atoms with E-state index in [1.165, 1.54) is 12.1 Å². The highest BCUT2D eigenvalue weighted by molar-refractivity contribution is 7.91. The highest BCUT2D eigenvalue weighted by atomic mass is 31.2. The summed E-state index contributed by atoms with van der Waals surface area (Å²) < 4.78 is 17.8. The van der Waals surface area contributed by atoms with Gasteiger partial charge in [0.25, 0.3) is 11.0 Å². The molecular weight excluding hydrogens is 299 g/mol. The maximum Gasteiger partial charge on any atom is 0.339 e. The molecule has 0 radical (unpaired) electrons. The van der Waals surface area contributed by atoms with Crippen molar-refractivity contribution in [1.29, 1.82) is 0 Å². The molecule has 0 bridgehead atoms. The lowest BCUT2D eigenvalue weighted by molar-refractivity contribution is 0.100. The number of rotatable bonds is 5. The van der Waals surface area contributed by atoms with Crippen LogP contribution in [-0.2, 0) is 9.09 Å². The Morgan fingerprint density at radius 3 is 1.59 bits per heavy atom. The average Bonchev–Trinajstić information content (AvgIpc) is 2.52. The van der Waals surface area contributed by atoms with Crippen LogP contribution in [0.4, 0.5) is 0 Å². The quantitative estimate of drug-likeness (QED) is 0.775. The van der Waals surface area contributed by atoms with Gasteiger partial charge in [0.05, 0.1) is 0 Å². The fourth-order valence-corrected chi connectivity index (χ4v) is 3.63. The molecule has 0 aliphatic heterocycles. The first-order chi connectivity index (χ1) is 10.4. The Balaban J connectivity index is 2.46. The summed E-state index contributed by atoms with van der Waals surface area (Å²) in [6.07, 6.45) is 0. The van der Waals surface area contributed by atoms with E-state index in [1.54, 1.807) is 24.3 Å². The van der Waals surface area contributed by atoms with Gasteiger partial charge >= 0.3 is 7.37 Å². The number of aryl methyl sites for hydroxylation is 2. The van der Waals surface area contributed by atoms with Crippen LogP contribution in [-0.4, -0.2) is 18.2 Å². The van der Waals surface area contributed by atoms with E-state index in [0.29, 0.717) is 0 Å². The molecular formula is C17H17O4P. The lowest BCUT2D eigenvalue weighted by Crippen LogP contribution is -2.12. The first-order valence-corrected chi connectivity index (χ1v) is 8.40. The van der Waals surface area contributed by atoms with Gasteiger partial charge in [0.15, 0.2) is 0 Å². The van der Waals surface area contributed by atoms with Crippen LogP contribution in [0.3, 0.4) is 0 Å². The number of benzene rings is 2. The smallest absolute Gasteiger partial charge is 0.321 e. The van der Waals surface area contributed by atoms with Crippen LogP contribution in [0, 0.1) is 13.8 Å². The molecule has 2 aromatic rings. The molecule has 2 rings (SSSR count). The molecule has 0 saturated heterocycles. The Morgan fingerprint density at radius 1 is 0.864 bits per heavy atom. The van der Waals surface area contributed by atoms with Crippen LogP contribution in [0.15, 0.2) is 48.5 Å². The predicted molar refractivity (Wildman–Crippen MR) is 85.6 cm³/mol. The molecule has 0 heterocycles. The normalized spacial score (nSPS) is 11.2. The molecule has 5 heteroatoms. The van der Waals surface area contributed by atoms with Crippen LogP contribution in [0.2, 0.25) is 0 Å². The fraction of sp³-hybridized carbons (Fsp3) is 0.176. The van der Waals surface area contributed by atoms with E-state index >= 15 is 0 Å². The third-order valence-electron chi connectivity index (χ3n) is 3.32. The number of carbonyl (C=O) groups excluding carboxylic acids is 2. The maximum atomic E-state index is 12.9. The van der Waals surface area contributed by atoms with Gasteiger partial charge in [-0.25, -0.2) is 0 Å². The van der Waals surface area contributed by atoms with Gasteiger partial charge in [-0.3, -0.25) is 14.2 Å². The standard InChI is InChI=1S/C17H17O4P/c1-12-6-4-8-14(10-12)16(18)22(20,21-3)17(19)15-9-5-7-13(2)11-15/h4-11H,1-3H3. The zero-order valence-electron chi connectivity index (χ0n) is 12.7. The minimum absolute atomic E-state index is 0.214. The topological polar surface area (TPSA) is 60.4 Å². The lowest BCUT2D eigenvalue weighted by atomic mass is 10.1. The van der Waals surface area contributed by atoms with Crippen molar-refractivity contribution in [2.75, 3.05) is 7.11 Å². The number of hydrogen-bond acceptors (Lipinski definition) is 4. The van der Waals surface area contributed by atoms with Crippen LogP contribution >= 0.6 is 7.37 Å². The monoisotopic (exact) mass is 316 g/mol. The summed E-state index contributed by atoms with van der Waals surface area (Å²) in [5.41, 5.74) is 0.570. The van der Waals surface area contributed by atoms with E-state index in [2.05, 4.69) is 0 Å². The van der Waals surface area contributed by atoms with Crippen LogP contribution in [0.1, 0.15) is 31.8 Å². The van der Waals surface area contributed by atoms with Crippen molar-refractivity contribution in [3.05, 3.63) is 70.8 Å². The SMILES string of the molecule is COP(=O)(C(=O)c1cccc(C)c1)C(=O)c1cccc(C)c1. The predicted octanol–water partition coefficient (Wildman–Crippen LogP) is 4.21. The molecule has 0 amide bonds. The third kappa shape index (κ3) is 3.08. The summed E-state index contributed by atoms with van der Waals surface area (Å²) in [4.78, 5) is 25.1. The van der Waals surface area contributed by atoms with Gasteiger partial charge < -0.3 is 4.52 Å². The van der Waals surface area contributed by atoms with Crippen molar-refractivity contribution >= 4 is 18.4 Å². The summed E-state index contributed by atoms with van der Waals surface area (Å²) in [7, 11) is -3.02. The summed E-state index contributed by atoms with van der Waals surface area (Å²) in [6, 6.07) is 13.2. The minimum Gasteiger partial charge on any atom is -0.321 e. The van der Waals surface area contributed by atoms with Crippen molar-refractivity contribution in [3.63, 3.8) is 0 Å². The molecule has 0 spiro atoms. The van der Waals surface area contributed by atoms with Crippen molar-refractivity contribution in [2.45, 2.75) is 13.8 Å². The molecule has 0 fully saturated rings. The highest BCUT2D eigenvalue weighted by Crippen LogP contribution is 2.52. The van der Waals surface area contributed by atoms with Gasteiger partial charge in [-0.15, -0.1) is 0 Å². The number of hydrogen-bond donors (Lipinski definition) is 0. The summed E-state index contributed by atoms with van der Waals surface area (Å²) in [5, 5.41) is 0. The zero-order chi connectivity index (χ0) is 16.3. The molecule has 22 heavy (non-hydrogen) atoms. The largest absolute Gasteiger partial charge is 0.339 e. The van der Waals surface area contributed by atoms with Crippen molar-refractivity contribution in [3.8, 4) is 0 Å². The summed E-state index contributed by atoms with van der Waals surface area (Å²) in [5.74, 6) is 0. The lowest BCUT2D eigenvalue weighted by Gasteiger charge is -2.14. The Kier molecular flexibility index (Phi) is 4.74. The molecule has 2 aromatic carbocycles. The van der Waals surface area contributed by atoms with Crippen LogP contribution in [0.25, 0.3) is 0 Å². The van der Waals surface area contributed by atoms with E-state index in [9.17, 15) is 14.2 Å². The van der Waals surface area contributed by atoms with Gasteiger partial charge in [-0.1, -0.05) is 47.5 Å². The molecule has 0 atom stereocenters. The van der Waals surface area contributed by atoms with Gasteiger partial charge in [-0.2, -0.15) is 0 Å². The molecule has 0 saturated carbocycles. The molecule has 0 unspecified atom stereocenters. The van der Waals surface area contributed by atoms with E-state index in [1.807, 2.05) is 26.0 Å². The highest BCUT2D eigenvalue weighted by Gasteiger charge is 2.41. The van der Waals surface area contributed by atoms with Gasteiger partial charge in [-0.05, 0) is 26.0 Å². The second-order valence-electron chi connectivity index (χ2n) is 5.08. The third-order valence-corrected chi connectivity index (χ3v) is 5.42. The van der Waals surface area contributed by atoms with Gasteiger partial charge in [0.1, 0.15) is 0 Å². The first kappa shape index (κ1) is 16.3. The van der Waals surface area contributed by atoms with Gasteiger partial charge in [0, 0.05) is 18.2 Å². The molecule has 0 N–H and O–H groups in total. The second kappa shape index (κ2) is 6.39. The number of carbonyl (C=O) groups is 2. The fourth-order valence-electron chi connectivity index (χ4n) is 2.15. The first-order valence-electron chi connectivity index (χ1n) is 6.77. The molecule has 0 aromatic heterocycles. The Labute approximate surface area is 129 Å². The maximum absolute atomic E-state index is 12.9. The molecule has 0 aliphatic rings. The summed E-state index contributed by atoms with van der Waals surface area (Å²) in [6.45, 7) is 3.63. The average molecular weight is 316 g/mol. The molecule has 4 nitrogen and oxygen atoms in total. The molecule has 114 valence electrons. The van der Waals surface area contributed by atoms with Crippen LogP contribution in [0.5, 0.6) is 0 Å². The molecule has 0 aliphatic carbocycles. The van der Waals surface area contributed by atoms with Crippen molar-refractivity contribution in [2.24, 2.45) is 0 Å². The zero-order valence-corrected chi connectivity index (χ0v) is 13.6. The van der Waals surface area contributed by atoms with E-state index in [-0.39, 0.29) is 11.1 Å². The van der Waals surface area contributed by atoms with Crippen molar-refractivity contribution in [1.82, 2.24) is 0 Å². The Hall–Kier alpha value is -2.03. The van der Waals surface area contributed by atoms with Gasteiger partial charge in [0.2, 0.25) is 0 Å². The van der Waals surface area contributed by atoms with E-state index in [0.717, 1.165) is 18.2 Å². The van der Waals surface area contributed by atoms with Crippen LogP contribution < -0.4 is 0 Å². The van der Waals surface area contributed by atoms with E-state index in [4.69, 9.17) is 4.52 Å². The van der Waals surface area contributed by atoms with E-state index < -0.39 is 18.4 Å². The van der Waals surface area contributed by atoms with Crippen molar-refractivity contribution < 1.29 is 18.7 Å². The second-order valence-corrected chi connectivity index (χ2v) is 7.36. The Bertz CT molecular complexity index is 718. The Morgan fingerprint density at radius 2 is 1.27 bits per heavy atom. The summed E-state index contributed by atoms with van der Waals surface area (Å²) >= 11 is 0.